The number of azo groups is 1. The van der Waals surface area contributed by atoms with E-state index in [1.165, 1.54) is 12.1 Å². The predicted octanol–water partition coefficient (Wildman–Crippen LogP) is 3.40. The molecule has 0 saturated heterocycles. The summed E-state index contributed by atoms with van der Waals surface area (Å²) in [7, 11) is -4.64. The summed E-state index contributed by atoms with van der Waals surface area (Å²) in [6.07, 6.45) is 0. The van der Waals surface area contributed by atoms with E-state index < -0.39 is 26.1 Å². The van der Waals surface area contributed by atoms with Gasteiger partial charge in [-0.3, -0.25) is 8.74 Å². The van der Waals surface area contributed by atoms with Gasteiger partial charge in [-0.15, -0.1) is 5.11 Å². The van der Waals surface area contributed by atoms with Crippen molar-refractivity contribution in [1.29, 1.82) is 0 Å². The number of aliphatic hydroxyl groups excluding tert-OH is 1. The first kappa shape index (κ1) is 23.1. The van der Waals surface area contributed by atoms with Gasteiger partial charge >= 0.3 is 0 Å². The van der Waals surface area contributed by atoms with Crippen LogP contribution in [0.15, 0.2) is 50.4 Å². The number of hydrogen-bond acceptors (Lipinski definition) is 8. The summed E-state index contributed by atoms with van der Waals surface area (Å²) >= 11 is -1.87. The zero-order valence-corrected chi connectivity index (χ0v) is 17.8. The molecule has 1 atom stereocenters. The number of ether oxygens (including phenoxy) is 1. The van der Waals surface area contributed by atoms with E-state index >= 15 is 0 Å². The third-order valence-corrected chi connectivity index (χ3v) is 5.71. The highest BCUT2D eigenvalue weighted by Crippen LogP contribution is 2.32. The van der Waals surface area contributed by atoms with Crippen molar-refractivity contribution in [2.75, 3.05) is 19.8 Å². The van der Waals surface area contributed by atoms with Crippen molar-refractivity contribution in [2.24, 2.45) is 10.2 Å². The predicted molar refractivity (Wildman–Crippen MR) is 107 cm³/mol. The lowest BCUT2D eigenvalue weighted by atomic mass is 10.1. The van der Waals surface area contributed by atoms with Crippen molar-refractivity contribution in [1.82, 2.24) is 0 Å². The summed E-state index contributed by atoms with van der Waals surface area (Å²) in [4.78, 5) is -0.460. The van der Waals surface area contributed by atoms with Crippen molar-refractivity contribution in [3.05, 3.63) is 41.5 Å². The van der Waals surface area contributed by atoms with Crippen LogP contribution in [0.3, 0.4) is 0 Å². The Bertz CT molecular complexity index is 1040. The zero-order chi connectivity index (χ0) is 21.6. The largest absolute Gasteiger partial charge is 0.491 e. The van der Waals surface area contributed by atoms with Gasteiger partial charge in [-0.05, 0) is 50.1 Å². The minimum absolute atomic E-state index is 0.0737. The molecule has 1 unspecified atom stereocenters. The maximum atomic E-state index is 11.9. The maximum absolute atomic E-state index is 11.9. The van der Waals surface area contributed by atoms with Gasteiger partial charge in [-0.1, -0.05) is 6.07 Å². The summed E-state index contributed by atoms with van der Waals surface area (Å²) in [6, 6.07) is 7.14. The Kier molecular flexibility index (Phi) is 7.99. The first-order valence-electron chi connectivity index (χ1n) is 8.60. The molecule has 0 heterocycles. The van der Waals surface area contributed by atoms with E-state index in [1.807, 2.05) is 13.0 Å². The van der Waals surface area contributed by atoms with Crippen molar-refractivity contribution < 1.29 is 31.2 Å². The van der Waals surface area contributed by atoms with Gasteiger partial charge in [0.15, 0.2) is 11.1 Å². The Morgan fingerprint density at radius 1 is 1.07 bits per heavy atom. The molecule has 2 aromatic carbocycles. The molecule has 2 aromatic rings. The molecule has 2 rings (SSSR count). The summed E-state index contributed by atoms with van der Waals surface area (Å²) in [5.41, 5.74) is 1.91. The van der Waals surface area contributed by atoms with E-state index in [-0.39, 0.29) is 30.4 Å². The van der Waals surface area contributed by atoms with Crippen LogP contribution in [0, 0.1) is 13.8 Å². The van der Waals surface area contributed by atoms with Crippen LogP contribution in [0.25, 0.3) is 0 Å². The summed E-state index contributed by atoms with van der Waals surface area (Å²) < 4.78 is 55.4. The van der Waals surface area contributed by atoms with E-state index in [1.54, 1.807) is 19.9 Å². The molecule has 0 aromatic heterocycles. The van der Waals surface area contributed by atoms with Gasteiger partial charge < -0.3 is 9.84 Å². The van der Waals surface area contributed by atoms with Gasteiger partial charge in [0.1, 0.15) is 22.9 Å². The van der Waals surface area contributed by atoms with Gasteiger partial charge in [0.2, 0.25) is 0 Å². The van der Waals surface area contributed by atoms with E-state index in [9.17, 15) is 17.2 Å². The highest BCUT2D eigenvalue weighted by molar-refractivity contribution is 7.86. The number of aryl methyl sites for hydroxylation is 2. The third kappa shape index (κ3) is 6.15. The molecule has 11 heteroatoms. The van der Waals surface area contributed by atoms with Crippen LogP contribution in [-0.2, 0) is 25.4 Å². The minimum atomic E-state index is -4.64. The maximum Gasteiger partial charge on any atom is 0.296 e. The molecule has 0 bridgehead atoms. The molecule has 0 spiro atoms. The summed E-state index contributed by atoms with van der Waals surface area (Å²) in [5, 5.41) is 16.9. The fourth-order valence-corrected chi connectivity index (χ4v) is 3.88. The van der Waals surface area contributed by atoms with E-state index in [0.717, 1.165) is 17.2 Å². The molecule has 0 saturated carbocycles. The topological polar surface area (TPSA) is 135 Å². The molecular weight excluding hydrogens is 420 g/mol. The first-order chi connectivity index (χ1) is 13.7. The van der Waals surface area contributed by atoms with Crippen LogP contribution < -0.4 is 4.74 Å². The van der Waals surface area contributed by atoms with Crippen LogP contribution in [0.4, 0.5) is 11.4 Å². The highest BCUT2D eigenvalue weighted by Gasteiger charge is 2.19. The average molecular weight is 443 g/mol. The van der Waals surface area contributed by atoms with Gasteiger partial charge in [-0.25, -0.2) is 4.21 Å². The Balaban J connectivity index is 2.45. The van der Waals surface area contributed by atoms with Gasteiger partial charge in [0.05, 0.1) is 23.8 Å². The number of aliphatic hydroxyl groups is 1. The first-order valence-corrected chi connectivity index (χ1v) is 11.1. The fraction of sp³-hybridized carbons (Fsp3) is 0.333. The zero-order valence-electron chi connectivity index (χ0n) is 16.2. The summed E-state index contributed by atoms with van der Waals surface area (Å²) in [6.45, 7) is 5.43. The van der Waals surface area contributed by atoms with Crippen LogP contribution in [0.2, 0.25) is 0 Å². The Labute approximate surface area is 171 Å². The smallest absolute Gasteiger partial charge is 0.296 e. The lowest BCUT2D eigenvalue weighted by Gasteiger charge is -2.10. The van der Waals surface area contributed by atoms with Crippen molar-refractivity contribution >= 4 is 32.6 Å². The highest BCUT2D eigenvalue weighted by atomic mass is 32.2. The van der Waals surface area contributed by atoms with Crippen molar-refractivity contribution in [3.8, 4) is 5.75 Å². The second-order valence-corrected chi connectivity index (χ2v) is 8.49. The molecular formula is C18H22N2O7S2. The molecule has 158 valence electrons. The number of hydrogen-bond donors (Lipinski definition) is 2. The lowest BCUT2D eigenvalue weighted by Crippen LogP contribution is -2.03. The quantitative estimate of drug-likeness (QED) is 0.449. The molecule has 9 nitrogen and oxygen atoms in total. The van der Waals surface area contributed by atoms with Crippen LogP contribution in [-0.4, -0.2) is 42.1 Å². The van der Waals surface area contributed by atoms with E-state index in [4.69, 9.17) is 14.0 Å². The van der Waals surface area contributed by atoms with Gasteiger partial charge in [0, 0.05) is 6.07 Å². The Morgan fingerprint density at radius 2 is 1.76 bits per heavy atom. The molecule has 0 fully saturated rings. The molecule has 0 radical (unpaired) electrons. The third-order valence-electron chi connectivity index (χ3n) is 3.73. The molecule has 0 aliphatic heterocycles. The van der Waals surface area contributed by atoms with Gasteiger partial charge in [-0.2, -0.15) is 13.5 Å². The Hall–Kier alpha value is -2.18. The van der Waals surface area contributed by atoms with Crippen LogP contribution >= 0.6 is 0 Å². The van der Waals surface area contributed by atoms with Crippen molar-refractivity contribution in [2.45, 2.75) is 30.6 Å². The lowest BCUT2D eigenvalue weighted by molar-refractivity contribution is 0.200. The molecule has 2 N–H and O–H groups in total. The van der Waals surface area contributed by atoms with Crippen molar-refractivity contribution in [3.63, 3.8) is 0 Å². The molecule has 29 heavy (non-hydrogen) atoms. The summed E-state index contributed by atoms with van der Waals surface area (Å²) in [5.74, 6) is 0.510. The Morgan fingerprint density at radius 3 is 2.38 bits per heavy atom. The van der Waals surface area contributed by atoms with Gasteiger partial charge in [0.25, 0.3) is 10.1 Å². The molecule has 0 aliphatic rings. The normalized spacial score (nSPS) is 13.0. The van der Waals surface area contributed by atoms with Crippen LogP contribution in [0.1, 0.15) is 18.1 Å². The SMILES string of the molecule is CCOS(=O)c1ccc(N=Nc2cc(OCCO)c(C)cc2C)c(S(=O)(=O)O)c1. The van der Waals surface area contributed by atoms with Crippen LogP contribution in [0.5, 0.6) is 5.75 Å². The number of rotatable bonds is 9. The monoisotopic (exact) mass is 442 g/mol. The fourth-order valence-electron chi connectivity index (χ4n) is 2.41. The van der Waals surface area contributed by atoms with E-state index in [0.29, 0.717) is 11.4 Å². The van der Waals surface area contributed by atoms with E-state index in [2.05, 4.69) is 10.2 Å². The second-order valence-electron chi connectivity index (χ2n) is 5.92. The number of benzene rings is 2. The minimum Gasteiger partial charge on any atom is -0.491 e. The molecule has 0 aliphatic carbocycles. The second kappa shape index (κ2) is 10.0. The average Bonchev–Trinajstić information content (AvgIpc) is 2.66. The molecule has 0 amide bonds. The number of nitrogens with zero attached hydrogens (tertiary/aromatic N) is 2. The standard InChI is InChI=1S/C18H22N2O7S2/c1-4-27-28(22)14-5-6-15(18(10-14)29(23,24)25)19-20-16-11-17(26-8-7-21)13(3)9-12(16)2/h5-6,9-11,21H,4,7-8H2,1-3H3,(H,23,24,25).